The van der Waals surface area contributed by atoms with E-state index in [0.717, 1.165) is 10.0 Å². The molecule has 0 radical (unpaired) electrons. The first-order chi connectivity index (χ1) is 16.6. The van der Waals surface area contributed by atoms with E-state index < -0.39 is 4.92 Å². The maximum atomic E-state index is 11.1. The van der Waals surface area contributed by atoms with Gasteiger partial charge in [0, 0.05) is 35.4 Å². The zero-order valence-corrected chi connectivity index (χ0v) is 19.6. The minimum absolute atomic E-state index is 0.0366. The number of rotatable bonds is 8. The standard InChI is InChI=1S/C22H21BrN8O3/c23-17(13-16-5-2-1-3-6-16)15-24-29-21-26-20(25-18-7-4-8-19(14-18)31(32)33)27-22(28-21)30-9-11-34-12-10-30/h1-8,13-15H,9-12H2,(H2,25,26,27,28,29)/b17-13-,24-15+. The Morgan fingerprint density at radius 3 is 2.62 bits per heavy atom. The van der Waals surface area contributed by atoms with E-state index in [-0.39, 0.29) is 17.6 Å². The van der Waals surface area contributed by atoms with Gasteiger partial charge in [0.15, 0.2) is 0 Å². The van der Waals surface area contributed by atoms with E-state index in [2.05, 4.69) is 46.7 Å². The van der Waals surface area contributed by atoms with Gasteiger partial charge in [-0.05, 0) is 33.6 Å². The zero-order valence-electron chi connectivity index (χ0n) is 18.0. The number of hydrazone groups is 1. The molecule has 1 saturated heterocycles. The van der Waals surface area contributed by atoms with E-state index in [1.54, 1.807) is 18.3 Å². The molecule has 1 aromatic heterocycles. The molecule has 3 aromatic rings. The minimum atomic E-state index is -0.458. The van der Waals surface area contributed by atoms with Crippen molar-refractivity contribution in [3.63, 3.8) is 0 Å². The van der Waals surface area contributed by atoms with E-state index in [1.165, 1.54) is 12.1 Å². The Bertz CT molecular complexity index is 1200. The molecule has 12 heteroatoms. The van der Waals surface area contributed by atoms with Gasteiger partial charge in [0.25, 0.3) is 5.69 Å². The molecule has 11 nitrogen and oxygen atoms in total. The summed E-state index contributed by atoms with van der Waals surface area (Å²) in [5.74, 6) is 0.900. The van der Waals surface area contributed by atoms with Gasteiger partial charge in [-0.2, -0.15) is 20.1 Å². The molecule has 0 spiro atoms. The highest BCUT2D eigenvalue weighted by Crippen LogP contribution is 2.22. The summed E-state index contributed by atoms with van der Waals surface area (Å²) in [5.41, 5.74) is 4.30. The van der Waals surface area contributed by atoms with Crippen molar-refractivity contribution in [2.75, 3.05) is 41.9 Å². The maximum Gasteiger partial charge on any atom is 0.271 e. The summed E-state index contributed by atoms with van der Waals surface area (Å²) < 4.78 is 6.16. The van der Waals surface area contributed by atoms with Crippen molar-refractivity contribution in [1.82, 2.24) is 15.0 Å². The van der Waals surface area contributed by atoms with Crippen LogP contribution in [0.1, 0.15) is 5.56 Å². The number of halogens is 1. The lowest BCUT2D eigenvalue weighted by molar-refractivity contribution is -0.384. The third kappa shape index (κ3) is 6.56. The van der Waals surface area contributed by atoms with Gasteiger partial charge in [0.2, 0.25) is 17.8 Å². The van der Waals surface area contributed by atoms with Gasteiger partial charge in [-0.3, -0.25) is 10.1 Å². The highest BCUT2D eigenvalue weighted by Gasteiger charge is 2.17. The lowest BCUT2D eigenvalue weighted by atomic mass is 10.2. The smallest absolute Gasteiger partial charge is 0.271 e. The van der Waals surface area contributed by atoms with Crippen LogP contribution < -0.4 is 15.6 Å². The van der Waals surface area contributed by atoms with E-state index in [9.17, 15) is 10.1 Å². The summed E-state index contributed by atoms with van der Waals surface area (Å²) >= 11 is 3.47. The second-order valence-corrected chi connectivity index (χ2v) is 8.04. The number of ether oxygens (including phenoxy) is 1. The van der Waals surface area contributed by atoms with Crippen molar-refractivity contribution in [2.24, 2.45) is 5.10 Å². The lowest BCUT2D eigenvalue weighted by Crippen LogP contribution is -2.37. The second-order valence-electron chi connectivity index (χ2n) is 7.12. The number of nitro groups is 1. The Hall–Kier alpha value is -3.90. The first-order valence-electron chi connectivity index (χ1n) is 10.4. The normalized spacial score (nSPS) is 14.3. The monoisotopic (exact) mass is 524 g/mol. The van der Waals surface area contributed by atoms with Gasteiger partial charge in [0.1, 0.15) is 0 Å². The van der Waals surface area contributed by atoms with Gasteiger partial charge in [-0.25, -0.2) is 5.43 Å². The molecule has 0 bridgehead atoms. The molecule has 2 aromatic carbocycles. The molecule has 0 saturated carbocycles. The molecule has 1 aliphatic heterocycles. The fourth-order valence-electron chi connectivity index (χ4n) is 3.10. The highest BCUT2D eigenvalue weighted by atomic mass is 79.9. The van der Waals surface area contributed by atoms with Crippen LogP contribution in [0.3, 0.4) is 0 Å². The van der Waals surface area contributed by atoms with Crippen LogP contribution in [0.2, 0.25) is 0 Å². The molecule has 0 atom stereocenters. The third-order valence-corrected chi connectivity index (χ3v) is 5.12. The average molecular weight is 525 g/mol. The number of aromatic nitrogens is 3. The lowest BCUT2D eigenvalue weighted by Gasteiger charge is -2.27. The van der Waals surface area contributed by atoms with Crippen LogP contribution in [0.4, 0.5) is 29.2 Å². The van der Waals surface area contributed by atoms with Gasteiger partial charge < -0.3 is 15.0 Å². The van der Waals surface area contributed by atoms with Crippen molar-refractivity contribution in [3.05, 3.63) is 74.8 Å². The number of nitro benzene ring substituents is 1. The van der Waals surface area contributed by atoms with Crippen molar-refractivity contribution < 1.29 is 9.66 Å². The molecule has 34 heavy (non-hydrogen) atoms. The molecule has 2 heterocycles. The molecular formula is C22H21BrN8O3. The number of benzene rings is 2. The Kier molecular flexibility index (Phi) is 7.73. The first-order valence-corrected chi connectivity index (χ1v) is 11.2. The number of non-ortho nitro benzene ring substituents is 1. The number of anilines is 4. The van der Waals surface area contributed by atoms with Crippen LogP contribution in [0, 0.1) is 10.1 Å². The fraction of sp³-hybridized carbons (Fsp3) is 0.182. The number of hydrogen-bond donors (Lipinski definition) is 2. The molecule has 174 valence electrons. The van der Waals surface area contributed by atoms with E-state index >= 15 is 0 Å². The summed E-state index contributed by atoms with van der Waals surface area (Å²) in [6.07, 6.45) is 3.52. The molecular weight excluding hydrogens is 504 g/mol. The molecule has 1 aliphatic rings. The second kappa shape index (κ2) is 11.3. The van der Waals surface area contributed by atoms with E-state index in [1.807, 2.05) is 41.3 Å². The summed E-state index contributed by atoms with van der Waals surface area (Å²) in [5, 5.41) is 18.3. The molecule has 0 unspecified atom stereocenters. The van der Waals surface area contributed by atoms with Crippen molar-refractivity contribution in [2.45, 2.75) is 0 Å². The zero-order chi connectivity index (χ0) is 23.8. The molecule has 0 amide bonds. The summed E-state index contributed by atoms with van der Waals surface area (Å²) in [6.45, 7) is 2.40. The van der Waals surface area contributed by atoms with Crippen LogP contribution in [-0.2, 0) is 4.74 Å². The summed E-state index contributed by atoms with van der Waals surface area (Å²) in [6, 6.07) is 15.9. The van der Waals surface area contributed by atoms with Gasteiger partial charge in [0.05, 0.1) is 24.4 Å². The maximum absolute atomic E-state index is 11.1. The van der Waals surface area contributed by atoms with Crippen molar-refractivity contribution >= 4 is 57.4 Å². The summed E-state index contributed by atoms with van der Waals surface area (Å²) in [7, 11) is 0. The predicted octanol–water partition coefficient (Wildman–Crippen LogP) is 4.19. The quantitative estimate of drug-likeness (QED) is 0.253. The van der Waals surface area contributed by atoms with Gasteiger partial charge in [-0.15, -0.1) is 0 Å². The van der Waals surface area contributed by atoms with E-state index in [0.29, 0.717) is 37.9 Å². The van der Waals surface area contributed by atoms with Crippen LogP contribution in [0.5, 0.6) is 0 Å². The Labute approximate surface area is 203 Å². The molecule has 1 fully saturated rings. The topological polar surface area (TPSA) is 131 Å². The Balaban J connectivity index is 1.55. The molecule has 0 aliphatic carbocycles. The van der Waals surface area contributed by atoms with Crippen molar-refractivity contribution in [1.29, 1.82) is 0 Å². The first kappa shape index (κ1) is 23.3. The van der Waals surface area contributed by atoms with Gasteiger partial charge in [-0.1, -0.05) is 36.4 Å². The van der Waals surface area contributed by atoms with Crippen LogP contribution in [0.15, 0.2) is 64.2 Å². The molecule has 2 N–H and O–H groups in total. The average Bonchev–Trinajstić information content (AvgIpc) is 2.85. The minimum Gasteiger partial charge on any atom is -0.378 e. The largest absolute Gasteiger partial charge is 0.378 e. The number of allylic oxidation sites excluding steroid dienone is 1. The predicted molar refractivity (Wildman–Crippen MR) is 135 cm³/mol. The number of nitrogens with one attached hydrogen (secondary N) is 2. The van der Waals surface area contributed by atoms with Crippen molar-refractivity contribution in [3.8, 4) is 0 Å². The third-order valence-electron chi connectivity index (χ3n) is 4.69. The van der Waals surface area contributed by atoms with Crippen LogP contribution in [0.25, 0.3) is 6.08 Å². The van der Waals surface area contributed by atoms with Crippen LogP contribution in [-0.4, -0.2) is 52.4 Å². The van der Waals surface area contributed by atoms with Gasteiger partial charge >= 0.3 is 0 Å². The van der Waals surface area contributed by atoms with Crippen LogP contribution >= 0.6 is 15.9 Å². The summed E-state index contributed by atoms with van der Waals surface area (Å²) in [4.78, 5) is 25.9. The number of hydrogen-bond acceptors (Lipinski definition) is 10. The van der Waals surface area contributed by atoms with E-state index in [4.69, 9.17) is 4.74 Å². The Morgan fingerprint density at radius 1 is 1.09 bits per heavy atom. The number of morpholine rings is 1. The molecule has 4 rings (SSSR count). The Morgan fingerprint density at radius 2 is 1.85 bits per heavy atom. The number of nitrogens with zero attached hydrogens (tertiary/aromatic N) is 6. The highest BCUT2D eigenvalue weighted by molar-refractivity contribution is 9.12. The SMILES string of the molecule is O=[N+]([O-])c1cccc(Nc2nc(N/N=C/C(Br)=C/c3ccccc3)nc(N3CCOCC3)n2)c1. The fourth-order valence-corrected chi connectivity index (χ4v) is 3.47.